The maximum atomic E-state index is 4.95. The summed E-state index contributed by atoms with van der Waals surface area (Å²) in [5, 5.41) is 3.19. The first kappa shape index (κ1) is 9.40. The molecule has 0 spiro atoms. The quantitative estimate of drug-likeness (QED) is 0.718. The standard InChI is InChI=1S/C10H15N3O/c1-14-5-4-11-10-6-9(8-2-3-8)12-7-13-10/h6-8H,2-5H2,1H3,(H,11,12,13). The lowest BCUT2D eigenvalue weighted by Crippen LogP contribution is -2.09. The number of nitrogens with zero attached hydrogens (tertiary/aromatic N) is 2. The average Bonchev–Trinajstić information content (AvgIpc) is 3.02. The van der Waals surface area contributed by atoms with E-state index >= 15 is 0 Å². The Morgan fingerprint density at radius 3 is 3.07 bits per heavy atom. The van der Waals surface area contributed by atoms with Gasteiger partial charge in [0.2, 0.25) is 0 Å². The monoisotopic (exact) mass is 193 g/mol. The Kier molecular flexibility index (Phi) is 2.93. The van der Waals surface area contributed by atoms with E-state index in [9.17, 15) is 0 Å². The largest absolute Gasteiger partial charge is 0.383 e. The lowest BCUT2D eigenvalue weighted by atomic mass is 10.3. The Balaban J connectivity index is 1.92. The Morgan fingerprint density at radius 1 is 1.50 bits per heavy atom. The van der Waals surface area contributed by atoms with Crippen molar-refractivity contribution >= 4 is 5.82 Å². The van der Waals surface area contributed by atoms with Gasteiger partial charge in [0.1, 0.15) is 12.1 Å². The molecule has 0 radical (unpaired) electrons. The van der Waals surface area contributed by atoms with E-state index in [0.717, 1.165) is 12.4 Å². The van der Waals surface area contributed by atoms with Crippen LogP contribution in [0.1, 0.15) is 24.5 Å². The van der Waals surface area contributed by atoms with Gasteiger partial charge >= 0.3 is 0 Å². The number of rotatable bonds is 5. The van der Waals surface area contributed by atoms with Crippen molar-refractivity contribution in [1.29, 1.82) is 0 Å². The summed E-state index contributed by atoms with van der Waals surface area (Å²) in [6.07, 6.45) is 4.17. The molecular weight excluding hydrogens is 178 g/mol. The fourth-order valence-electron chi connectivity index (χ4n) is 1.35. The van der Waals surface area contributed by atoms with Gasteiger partial charge in [-0.15, -0.1) is 0 Å². The number of methoxy groups -OCH3 is 1. The highest BCUT2D eigenvalue weighted by atomic mass is 16.5. The molecule has 0 aromatic carbocycles. The third kappa shape index (κ3) is 2.42. The summed E-state index contributed by atoms with van der Waals surface area (Å²) >= 11 is 0. The topological polar surface area (TPSA) is 47.0 Å². The molecule has 1 fully saturated rings. The SMILES string of the molecule is COCCNc1cc(C2CC2)ncn1. The van der Waals surface area contributed by atoms with E-state index in [4.69, 9.17) is 4.74 Å². The van der Waals surface area contributed by atoms with Crippen LogP contribution in [0.3, 0.4) is 0 Å². The maximum absolute atomic E-state index is 4.95. The summed E-state index contributed by atoms with van der Waals surface area (Å²) in [6, 6.07) is 2.04. The van der Waals surface area contributed by atoms with Gasteiger partial charge in [0.05, 0.1) is 6.61 Å². The van der Waals surface area contributed by atoms with Crippen molar-refractivity contribution in [1.82, 2.24) is 9.97 Å². The molecule has 0 aliphatic heterocycles. The molecule has 0 amide bonds. The molecule has 4 heteroatoms. The molecule has 14 heavy (non-hydrogen) atoms. The minimum atomic E-state index is 0.681. The van der Waals surface area contributed by atoms with Crippen LogP contribution in [0.2, 0.25) is 0 Å². The van der Waals surface area contributed by atoms with Crippen molar-refractivity contribution in [2.45, 2.75) is 18.8 Å². The average molecular weight is 193 g/mol. The molecule has 0 saturated heterocycles. The van der Waals surface area contributed by atoms with Gasteiger partial charge in [0.15, 0.2) is 0 Å². The van der Waals surface area contributed by atoms with Gasteiger partial charge in [-0.3, -0.25) is 0 Å². The van der Waals surface area contributed by atoms with E-state index in [-0.39, 0.29) is 0 Å². The van der Waals surface area contributed by atoms with Gasteiger partial charge in [-0.05, 0) is 12.8 Å². The van der Waals surface area contributed by atoms with Gasteiger partial charge in [0.25, 0.3) is 0 Å². The highest BCUT2D eigenvalue weighted by Crippen LogP contribution is 2.39. The van der Waals surface area contributed by atoms with Crippen LogP contribution in [0.4, 0.5) is 5.82 Å². The highest BCUT2D eigenvalue weighted by molar-refractivity contribution is 5.36. The zero-order valence-corrected chi connectivity index (χ0v) is 8.36. The number of ether oxygens (including phenoxy) is 1. The lowest BCUT2D eigenvalue weighted by molar-refractivity contribution is 0.210. The molecule has 0 bridgehead atoms. The molecule has 1 aromatic rings. The molecule has 4 nitrogen and oxygen atoms in total. The molecule has 0 atom stereocenters. The summed E-state index contributed by atoms with van der Waals surface area (Å²) in [5.74, 6) is 1.58. The highest BCUT2D eigenvalue weighted by Gasteiger charge is 2.25. The zero-order chi connectivity index (χ0) is 9.80. The van der Waals surface area contributed by atoms with Crippen LogP contribution in [0.5, 0.6) is 0 Å². The second kappa shape index (κ2) is 4.37. The van der Waals surface area contributed by atoms with Gasteiger partial charge < -0.3 is 10.1 Å². The van der Waals surface area contributed by atoms with Crippen LogP contribution in [0.15, 0.2) is 12.4 Å². The van der Waals surface area contributed by atoms with Gasteiger partial charge in [0, 0.05) is 31.3 Å². The van der Waals surface area contributed by atoms with Crippen LogP contribution in [0.25, 0.3) is 0 Å². The predicted molar refractivity (Wildman–Crippen MR) is 54.4 cm³/mol. The van der Waals surface area contributed by atoms with Crippen LogP contribution in [-0.4, -0.2) is 30.2 Å². The molecule has 1 aliphatic rings. The second-order valence-electron chi connectivity index (χ2n) is 3.52. The molecule has 1 heterocycles. The Labute approximate surface area is 83.7 Å². The van der Waals surface area contributed by atoms with Gasteiger partial charge in [-0.1, -0.05) is 0 Å². The molecule has 0 unspecified atom stereocenters. The van der Waals surface area contributed by atoms with Crippen LogP contribution >= 0.6 is 0 Å². The first-order chi connectivity index (χ1) is 6.90. The summed E-state index contributed by atoms with van der Waals surface area (Å²) < 4.78 is 4.95. The number of hydrogen-bond acceptors (Lipinski definition) is 4. The summed E-state index contributed by atoms with van der Waals surface area (Å²) in [4.78, 5) is 8.39. The van der Waals surface area contributed by atoms with E-state index in [0.29, 0.717) is 12.5 Å². The fraction of sp³-hybridized carbons (Fsp3) is 0.600. The van der Waals surface area contributed by atoms with Crippen LogP contribution in [-0.2, 0) is 4.74 Å². The van der Waals surface area contributed by atoms with Crippen molar-refractivity contribution in [3.05, 3.63) is 18.1 Å². The summed E-state index contributed by atoms with van der Waals surface area (Å²) in [7, 11) is 1.69. The third-order valence-electron chi connectivity index (χ3n) is 2.30. The second-order valence-corrected chi connectivity index (χ2v) is 3.52. The lowest BCUT2D eigenvalue weighted by Gasteiger charge is -2.05. The van der Waals surface area contributed by atoms with E-state index < -0.39 is 0 Å². The van der Waals surface area contributed by atoms with Crippen molar-refractivity contribution in [2.24, 2.45) is 0 Å². The van der Waals surface area contributed by atoms with E-state index in [1.807, 2.05) is 6.07 Å². The van der Waals surface area contributed by atoms with E-state index in [1.54, 1.807) is 13.4 Å². The van der Waals surface area contributed by atoms with Crippen molar-refractivity contribution in [3.63, 3.8) is 0 Å². The van der Waals surface area contributed by atoms with Crippen molar-refractivity contribution in [3.8, 4) is 0 Å². The Hall–Kier alpha value is -1.16. The smallest absolute Gasteiger partial charge is 0.129 e. The number of anilines is 1. The molecular formula is C10H15N3O. The minimum absolute atomic E-state index is 0.681. The van der Waals surface area contributed by atoms with E-state index in [2.05, 4.69) is 15.3 Å². The Morgan fingerprint density at radius 2 is 2.36 bits per heavy atom. The minimum Gasteiger partial charge on any atom is -0.383 e. The number of nitrogens with one attached hydrogen (secondary N) is 1. The maximum Gasteiger partial charge on any atom is 0.129 e. The Bertz CT molecular complexity index is 299. The molecule has 76 valence electrons. The van der Waals surface area contributed by atoms with Crippen molar-refractivity contribution in [2.75, 3.05) is 25.6 Å². The number of aromatic nitrogens is 2. The number of hydrogen-bond donors (Lipinski definition) is 1. The van der Waals surface area contributed by atoms with Crippen LogP contribution < -0.4 is 5.32 Å². The fourth-order valence-corrected chi connectivity index (χ4v) is 1.35. The summed E-state index contributed by atoms with van der Waals surface area (Å²) in [5.41, 5.74) is 1.17. The first-order valence-corrected chi connectivity index (χ1v) is 4.95. The normalized spacial score (nSPS) is 15.5. The first-order valence-electron chi connectivity index (χ1n) is 4.95. The molecule has 1 saturated carbocycles. The van der Waals surface area contributed by atoms with Gasteiger partial charge in [-0.25, -0.2) is 9.97 Å². The van der Waals surface area contributed by atoms with Gasteiger partial charge in [-0.2, -0.15) is 0 Å². The molecule has 2 rings (SSSR count). The third-order valence-corrected chi connectivity index (χ3v) is 2.30. The predicted octanol–water partition coefficient (Wildman–Crippen LogP) is 1.41. The zero-order valence-electron chi connectivity index (χ0n) is 8.36. The molecule has 1 aromatic heterocycles. The van der Waals surface area contributed by atoms with E-state index in [1.165, 1.54) is 18.5 Å². The van der Waals surface area contributed by atoms with Crippen molar-refractivity contribution < 1.29 is 4.74 Å². The molecule has 1 aliphatic carbocycles. The summed E-state index contributed by atoms with van der Waals surface area (Å²) in [6.45, 7) is 1.49. The molecule has 1 N–H and O–H groups in total. The van der Waals surface area contributed by atoms with Crippen LogP contribution in [0, 0.1) is 0 Å².